The van der Waals surface area contributed by atoms with E-state index in [0.717, 1.165) is 11.4 Å². The van der Waals surface area contributed by atoms with Crippen LogP contribution in [-0.4, -0.2) is 9.97 Å². The van der Waals surface area contributed by atoms with E-state index in [0.29, 0.717) is 0 Å². The van der Waals surface area contributed by atoms with E-state index in [1.807, 2.05) is 12.4 Å². The fraction of sp³-hybridized carbons (Fsp3) is 0.444. The van der Waals surface area contributed by atoms with E-state index in [9.17, 15) is 25.2 Å². The van der Waals surface area contributed by atoms with E-state index >= 15 is 0 Å². The molecule has 0 saturated carbocycles. The zero-order chi connectivity index (χ0) is 21.4. The summed E-state index contributed by atoms with van der Waals surface area (Å²) >= 11 is 0. The molecule has 0 amide bonds. The van der Waals surface area contributed by atoms with E-state index in [4.69, 9.17) is 0 Å². The van der Waals surface area contributed by atoms with Crippen LogP contribution in [0.25, 0.3) is 11.4 Å². The minimum Gasteiger partial charge on any atom is 1.00 e. The molecule has 28 heavy (non-hydrogen) atoms. The number of rotatable bonds is 1. The van der Waals surface area contributed by atoms with Crippen LogP contribution in [0.4, 0.5) is 25.2 Å². The van der Waals surface area contributed by atoms with Crippen LogP contribution in [0, 0.1) is 0 Å². The van der Waals surface area contributed by atoms with Gasteiger partial charge in [-0.3, -0.25) is 9.97 Å². The second kappa shape index (κ2) is 7.66. The van der Waals surface area contributed by atoms with Crippen molar-refractivity contribution in [2.45, 2.75) is 52.4 Å². The first-order chi connectivity index (χ1) is 11.6. The van der Waals surface area contributed by atoms with E-state index in [1.165, 1.54) is 11.1 Å². The van der Waals surface area contributed by atoms with Crippen LogP contribution in [0.5, 0.6) is 0 Å². The number of pyridine rings is 2. The molecule has 0 aromatic carbocycles. The largest absolute Gasteiger partial charge is 1.00 e. The standard InChI is InChI=1S/C18H24N2.F6P.Ir/c1-17(2,3)13-7-9-19-15(11-13)16-12-14(8-10-20-16)18(4,5)6;1-7(2,3,4,5)6;/h7-12H,1-6H3;;/q;-1;+1. The van der Waals surface area contributed by atoms with Crippen molar-refractivity contribution in [3.05, 3.63) is 47.8 Å². The first-order valence-electron chi connectivity index (χ1n) is 8.13. The van der Waals surface area contributed by atoms with Gasteiger partial charge >= 0.3 is 53.1 Å². The molecule has 0 aliphatic rings. The maximum atomic E-state index is 9.87. The molecule has 2 heterocycles. The Kier molecular flexibility index (Phi) is 7.37. The van der Waals surface area contributed by atoms with Gasteiger partial charge in [-0.05, 0) is 46.2 Å². The van der Waals surface area contributed by atoms with Crippen LogP contribution in [0.15, 0.2) is 36.7 Å². The molecule has 0 N–H and O–H groups in total. The summed E-state index contributed by atoms with van der Waals surface area (Å²) in [5, 5.41) is 0. The summed E-state index contributed by atoms with van der Waals surface area (Å²) < 4.78 is 59.2. The molecule has 162 valence electrons. The van der Waals surface area contributed by atoms with Crippen LogP contribution in [0.2, 0.25) is 0 Å². The Morgan fingerprint density at radius 1 is 0.643 bits per heavy atom. The number of hydrogen-bond acceptors (Lipinski definition) is 2. The van der Waals surface area contributed by atoms with E-state index in [1.54, 1.807) is 0 Å². The van der Waals surface area contributed by atoms with Crippen molar-refractivity contribution in [2.75, 3.05) is 0 Å². The van der Waals surface area contributed by atoms with Gasteiger partial charge in [-0.25, -0.2) is 0 Å². The van der Waals surface area contributed by atoms with Crippen molar-refractivity contribution in [2.24, 2.45) is 0 Å². The van der Waals surface area contributed by atoms with Crippen molar-refractivity contribution < 1.29 is 45.3 Å². The monoisotopic (exact) mass is 606 g/mol. The minimum atomic E-state index is -10.7. The van der Waals surface area contributed by atoms with Crippen LogP contribution >= 0.6 is 7.81 Å². The van der Waals surface area contributed by atoms with Crippen molar-refractivity contribution in [3.8, 4) is 11.4 Å². The summed E-state index contributed by atoms with van der Waals surface area (Å²) in [4.78, 5) is 8.97. The van der Waals surface area contributed by atoms with Crippen LogP contribution in [0.3, 0.4) is 0 Å². The number of aromatic nitrogens is 2. The second-order valence-corrected chi connectivity index (χ2v) is 10.2. The Labute approximate surface area is 174 Å². The van der Waals surface area contributed by atoms with Crippen molar-refractivity contribution in [1.29, 1.82) is 0 Å². The van der Waals surface area contributed by atoms with Crippen molar-refractivity contribution in [1.82, 2.24) is 9.97 Å². The van der Waals surface area contributed by atoms with Gasteiger partial charge in [0.2, 0.25) is 0 Å². The normalized spacial score (nSPS) is 14.7. The average molecular weight is 606 g/mol. The summed E-state index contributed by atoms with van der Waals surface area (Å²) in [5.74, 6) is 0. The molecule has 0 aliphatic heterocycles. The summed E-state index contributed by atoms with van der Waals surface area (Å²) in [5.41, 5.74) is 4.71. The minimum absolute atomic E-state index is 0. The molecular formula is C18H24F6IrN2P. The Balaban J connectivity index is 0.000000786. The molecular weight excluding hydrogens is 581 g/mol. The van der Waals surface area contributed by atoms with Gasteiger partial charge in [-0.2, -0.15) is 0 Å². The first kappa shape index (κ1) is 27.0. The average Bonchev–Trinajstić information content (AvgIpc) is 2.42. The van der Waals surface area contributed by atoms with Gasteiger partial charge in [-0.1, -0.05) is 41.5 Å². The maximum absolute atomic E-state index is 10.7. The molecule has 2 aromatic rings. The SMILES string of the molecule is CC(C)(C)c1ccnc(-c2cc(C(C)(C)C)ccn2)c1.F[P-](F)(F)(F)(F)F.[Ir+]. The van der Waals surface area contributed by atoms with Gasteiger partial charge in [0.15, 0.2) is 0 Å². The second-order valence-electron chi connectivity index (χ2n) is 8.32. The zero-order valence-corrected chi connectivity index (χ0v) is 19.7. The Bertz CT molecular complexity index is 742. The molecule has 0 atom stereocenters. The quantitative estimate of drug-likeness (QED) is 0.243. The van der Waals surface area contributed by atoms with Gasteiger partial charge in [0.05, 0.1) is 11.4 Å². The molecule has 0 fully saturated rings. The molecule has 2 aromatic heterocycles. The molecule has 2 rings (SSSR count). The Morgan fingerprint density at radius 2 is 0.893 bits per heavy atom. The molecule has 0 bridgehead atoms. The van der Waals surface area contributed by atoms with Gasteiger partial charge in [0.1, 0.15) is 0 Å². The molecule has 0 spiro atoms. The zero-order valence-electron chi connectivity index (χ0n) is 16.4. The smallest absolute Gasteiger partial charge is 1.00 e. The Morgan fingerprint density at radius 3 is 1.11 bits per heavy atom. The van der Waals surface area contributed by atoms with Crippen LogP contribution in [0.1, 0.15) is 52.7 Å². The fourth-order valence-corrected chi connectivity index (χ4v) is 2.07. The third kappa shape index (κ3) is 11.7. The third-order valence-electron chi connectivity index (χ3n) is 3.51. The van der Waals surface area contributed by atoms with Crippen molar-refractivity contribution in [3.63, 3.8) is 0 Å². The van der Waals surface area contributed by atoms with Crippen LogP contribution < -0.4 is 0 Å². The molecule has 0 radical (unpaired) electrons. The topological polar surface area (TPSA) is 25.8 Å². The summed E-state index contributed by atoms with van der Waals surface area (Å²) in [7, 11) is -10.7. The Hall–Kier alpha value is -1.04. The van der Waals surface area contributed by atoms with E-state index in [2.05, 4.69) is 75.8 Å². The third-order valence-corrected chi connectivity index (χ3v) is 3.51. The summed E-state index contributed by atoms with van der Waals surface area (Å²) in [6, 6.07) is 8.46. The summed E-state index contributed by atoms with van der Waals surface area (Å²) in [6.45, 7) is 13.3. The molecule has 10 heteroatoms. The van der Waals surface area contributed by atoms with Gasteiger partial charge in [0, 0.05) is 12.4 Å². The number of halogens is 6. The van der Waals surface area contributed by atoms with Gasteiger partial charge in [0.25, 0.3) is 0 Å². The first-order valence-corrected chi connectivity index (χ1v) is 10.2. The maximum Gasteiger partial charge on any atom is 1.00 e. The number of hydrogen-bond donors (Lipinski definition) is 0. The predicted molar refractivity (Wildman–Crippen MR) is 98.4 cm³/mol. The molecule has 0 aliphatic carbocycles. The fourth-order valence-electron chi connectivity index (χ4n) is 2.07. The molecule has 0 unspecified atom stereocenters. The van der Waals surface area contributed by atoms with Crippen molar-refractivity contribution >= 4 is 7.81 Å². The predicted octanol–water partition coefficient (Wildman–Crippen LogP) is 8.12. The van der Waals surface area contributed by atoms with Gasteiger partial charge < -0.3 is 0 Å². The van der Waals surface area contributed by atoms with Gasteiger partial charge in [-0.15, -0.1) is 0 Å². The molecule has 2 nitrogen and oxygen atoms in total. The number of nitrogens with zero attached hydrogens (tertiary/aromatic N) is 2. The summed E-state index contributed by atoms with van der Waals surface area (Å²) in [6.07, 6.45) is 3.75. The van der Waals surface area contributed by atoms with Crippen LogP contribution in [-0.2, 0) is 30.9 Å². The van der Waals surface area contributed by atoms with E-state index in [-0.39, 0.29) is 30.9 Å². The molecule has 0 saturated heterocycles. The van der Waals surface area contributed by atoms with E-state index < -0.39 is 7.81 Å².